The Morgan fingerprint density at radius 3 is 2.47 bits per heavy atom. The van der Waals surface area contributed by atoms with Gasteiger partial charge in [-0.1, -0.05) is 67.1 Å². The topological polar surface area (TPSA) is 68.0 Å². The van der Waals surface area contributed by atoms with E-state index < -0.39 is 11.8 Å². The van der Waals surface area contributed by atoms with Crippen molar-refractivity contribution in [3.8, 4) is 27.5 Å². The molecule has 0 atom stereocenters. The summed E-state index contributed by atoms with van der Waals surface area (Å²) in [6, 6.07) is 14.0. The number of aryl methyl sites for hydroxylation is 2. The summed E-state index contributed by atoms with van der Waals surface area (Å²) in [6.45, 7) is 7.96. The van der Waals surface area contributed by atoms with Gasteiger partial charge in [0.25, 0.3) is 0 Å². The first kappa shape index (κ1) is 22.2. The van der Waals surface area contributed by atoms with E-state index in [0.717, 1.165) is 21.0 Å². The molecular weight excluding hydrogens is 445 g/mol. The van der Waals surface area contributed by atoms with Crippen molar-refractivity contribution in [2.75, 3.05) is 0 Å². The molecule has 4 rings (SSSR count). The highest BCUT2D eigenvalue weighted by Gasteiger charge is 2.26. The molecule has 5 nitrogen and oxygen atoms in total. The third-order valence-corrected chi connectivity index (χ3v) is 7.05. The summed E-state index contributed by atoms with van der Waals surface area (Å²) in [7, 11) is 0. The van der Waals surface area contributed by atoms with E-state index in [0.29, 0.717) is 27.2 Å². The van der Waals surface area contributed by atoms with Crippen molar-refractivity contribution in [2.24, 2.45) is 0 Å². The molecule has 0 aliphatic heterocycles. The average Bonchev–Trinajstić information content (AvgIpc) is 3.29. The fourth-order valence-electron chi connectivity index (χ4n) is 3.43. The minimum atomic E-state index is -1.14. The summed E-state index contributed by atoms with van der Waals surface area (Å²) in [5.74, 6) is -1.58. The van der Waals surface area contributed by atoms with E-state index in [1.807, 2.05) is 31.2 Å². The molecular formula is C24H22FN3O2S2. The van der Waals surface area contributed by atoms with Gasteiger partial charge in [0.05, 0.1) is 15.6 Å². The fraction of sp³-hybridized carbons (Fsp3) is 0.208. The van der Waals surface area contributed by atoms with Crippen LogP contribution in [-0.4, -0.2) is 31.1 Å². The Balaban J connectivity index is 1.91. The Hall–Kier alpha value is -2.97. The van der Waals surface area contributed by atoms with Crippen LogP contribution in [0.3, 0.4) is 0 Å². The van der Waals surface area contributed by atoms with Crippen LogP contribution in [0.25, 0.3) is 27.5 Å². The van der Waals surface area contributed by atoms with E-state index >= 15 is 0 Å². The fourth-order valence-corrected chi connectivity index (χ4v) is 5.90. The zero-order valence-electron chi connectivity index (χ0n) is 18.1. The molecule has 0 aliphatic rings. The number of carboxylic acid groups (broad SMARTS) is 1. The Morgan fingerprint density at radius 2 is 1.84 bits per heavy atom. The first-order chi connectivity index (χ1) is 15.2. The van der Waals surface area contributed by atoms with Crippen LogP contribution in [0.2, 0.25) is 0 Å². The number of thioether (sulfide) groups is 1. The summed E-state index contributed by atoms with van der Waals surface area (Å²) in [4.78, 5) is 17.1. The second-order valence-electron chi connectivity index (χ2n) is 7.70. The number of thiazole rings is 1. The number of aromatic nitrogens is 3. The van der Waals surface area contributed by atoms with E-state index in [9.17, 15) is 14.3 Å². The van der Waals surface area contributed by atoms with Crippen molar-refractivity contribution < 1.29 is 14.3 Å². The van der Waals surface area contributed by atoms with E-state index in [2.05, 4.69) is 18.9 Å². The van der Waals surface area contributed by atoms with Crippen LogP contribution in [0.15, 0.2) is 52.7 Å². The molecule has 0 spiro atoms. The standard InChI is InChI=1S/C24H22FN3O2S2/c1-13(2)31-23-20(16-10-8-14(3)9-11-16)26-24(32-23)28-21(22(29)30)19(15(4)27-28)17-6-5-7-18(25)12-17/h5-13H,1-4H3,(H,29,30). The molecule has 1 N–H and O–H groups in total. The van der Waals surface area contributed by atoms with Crippen molar-refractivity contribution in [1.82, 2.24) is 14.8 Å². The summed E-state index contributed by atoms with van der Waals surface area (Å²) < 4.78 is 16.2. The summed E-state index contributed by atoms with van der Waals surface area (Å²) in [5.41, 5.74) is 4.25. The third-order valence-electron chi connectivity index (χ3n) is 4.81. The van der Waals surface area contributed by atoms with Crippen LogP contribution < -0.4 is 0 Å². The smallest absolute Gasteiger partial charge is 0.355 e. The highest BCUT2D eigenvalue weighted by Crippen LogP contribution is 2.40. The molecule has 2 heterocycles. The molecule has 164 valence electrons. The van der Waals surface area contributed by atoms with Crippen LogP contribution in [0.1, 0.15) is 35.6 Å². The van der Waals surface area contributed by atoms with Gasteiger partial charge in [-0.3, -0.25) is 0 Å². The number of carboxylic acids is 1. The summed E-state index contributed by atoms with van der Waals surface area (Å²) in [5, 5.41) is 15.3. The van der Waals surface area contributed by atoms with Crippen LogP contribution in [0, 0.1) is 19.7 Å². The number of nitrogens with zero attached hydrogens (tertiary/aromatic N) is 3. The number of hydrogen-bond acceptors (Lipinski definition) is 5. The lowest BCUT2D eigenvalue weighted by molar-refractivity contribution is 0.0688. The number of halogens is 1. The summed E-state index contributed by atoms with van der Waals surface area (Å²) in [6.07, 6.45) is 0. The second-order valence-corrected chi connectivity index (χ2v) is 10.5. The normalized spacial score (nSPS) is 11.3. The van der Waals surface area contributed by atoms with E-state index in [-0.39, 0.29) is 5.69 Å². The molecule has 0 radical (unpaired) electrons. The number of benzene rings is 2. The zero-order valence-corrected chi connectivity index (χ0v) is 19.7. The van der Waals surface area contributed by atoms with Gasteiger partial charge in [0, 0.05) is 16.4 Å². The van der Waals surface area contributed by atoms with Crippen LogP contribution >= 0.6 is 23.1 Å². The molecule has 0 unspecified atom stereocenters. The molecule has 4 aromatic rings. The van der Waals surface area contributed by atoms with Crippen LogP contribution in [-0.2, 0) is 0 Å². The SMILES string of the molecule is Cc1ccc(-c2nc(-n3nc(C)c(-c4cccc(F)c4)c3C(=O)O)sc2SC(C)C)cc1. The van der Waals surface area contributed by atoms with Crippen LogP contribution in [0.5, 0.6) is 0 Å². The molecule has 2 aromatic carbocycles. The lowest BCUT2D eigenvalue weighted by Crippen LogP contribution is -2.09. The largest absolute Gasteiger partial charge is 0.476 e. The van der Waals surface area contributed by atoms with Gasteiger partial charge in [-0.2, -0.15) is 9.78 Å². The number of hydrogen-bond donors (Lipinski definition) is 1. The Labute approximate surface area is 194 Å². The first-order valence-electron chi connectivity index (χ1n) is 10.1. The van der Waals surface area contributed by atoms with Gasteiger partial charge in [-0.05, 0) is 31.5 Å². The van der Waals surface area contributed by atoms with E-state index in [1.54, 1.807) is 30.8 Å². The number of aromatic carboxylic acids is 1. The molecule has 2 aromatic heterocycles. The minimum absolute atomic E-state index is 0.0293. The first-order valence-corrected chi connectivity index (χ1v) is 11.8. The molecule has 0 fully saturated rings. The highest BCUT2D eigenvalue weighted by atomic mass is 32.2. The van der Waals surface area contributed by atoms with Crippen molar-refractivity contribution >= 4 is 29.1 Å². The predicted octanol–water partition coefficient (Wildman–Crippen LogP) is 6.62. The van der Waals surface area contributed by atoms with Gasteiger partial charge in [-0.15, -0.1) is 11.8 Å². The minimum Gasteiger partial charge on any atom is -0.476 e. The molecule has 0 bridgehead atoms. The maximum Gasteiger partial charge on any atom is 0.355 e. The predicted molar refractivity (Wildman–Crippen MR) is 127 cm³/mol. The number of rotatable bonds is 6. The molecule has 0 aliphatic carbocycles. The Kier molecular flexibility index (Phi) is 6.17. The van der Waals surface area contributed by atoms with E-state index in [4.69, 9.17) is 4.98 Å². The van der Waals surface area contributed by atoms with Gasteiger partial charge in [0.1, 0.15) is 5.82 Å². The monoisotopic (exact) mass is 467 g/mol. The van der Waals surface area contributed by atoms with Gasteiger partial charge in [-0.25, -0.2) is 14.2 Å². The van der Waals surface area contributed by atoms with Crippen LogP contribution in [0.4, 0.5) is 4.39 Å². The van der Waals surface area contributed by atoms with E-state index in [1.165, 1.54) is 28.2 Å². The van der Waals surface area contributed by atoms with Crippen molar-refractivity contribution in [3.63, 3.8) is 0 Å². The van der Waals surface area contributed by atoms with Gasteiger partial charge >= 0.3 is 5.97 Å². The second kappa shape index (κ2) is 8.88. The van der Waals surface area contributed by atoms with Gasteiger partial charge in [0.2, 0.25) is 5.13 Å². The van der Waals surface area contributed by atoms with Crippen molar-refractivity contribution in [3.05, 3.63) is 71.3 Å². The maximum absolute atomic E-state index is 13.9. The van der Waals surface area contributed by atoms with Gasteiger partial charge in [0.15, 0.2) is 5.69 Å². The Morgan fingerprint density at radius 1 is 1.12 bits per heavy atom. The molecule has 8 heteroatoms. The highest BCUT2D eigenvalue weighted by molar-refractivity contribution is 8.01. The maximum atomic E-state index is 13.9. The molecule has 0 amide bonds. The van der Waals surface area contributed by atoms with Crippen molar-refractivity contribution in [2.45, 2.75) is 37.2 Å². The third kappa shape index (κ3) is 4.33. The number of carbonyl (C=O) groups is 1. The average molecular weight is 468 g/mol. The zero-order chi connectivity index (χ0) is 23.0. The Bertz CT molecular complexity index is 1290. The quantitative estimate of drug-likeness (QED) is 0.323. The van der Waals surface area contributed by atoms with Gasteiger partial charge < -0.3 is 5.11 Å². The van der Waals surface area contributed by atoms with Crippen molar-refractivity contribution in [1.29, 1.82) is 0 Å². The lowest BCUT2D eigenvalue weighted by atomic mass is 10.0. The molecule has 32 heavy (non-hydrogen) atoms. The molecule has 0 saturated heterocycles. The summed E-state index contributed by atoms with van der Waals surface area (Å²) >= 11 is 3.09. The lowest BCUT2D eigenvalue weighted by Gasteiger charge is -2.04. The molecule has 0 saturated carbocycles.